The second kappa shape index (κ2) is 7.83. The van der Waals surface area contributed by atoms with Crippen LogP contribution in [0.4, 0.5) is 13.2 Å². The second-order valence-corrected chi connectivity index (χ2v) is 5.45. The fourth-order valence-corrected chi connectivity index (χ4v) is 2.07. The fourth-order valence-electron chi connectivity index (χ4n) is 2.07. The molecule has 25 heavy (non-hydrogen) atoms. The van der Waals surface area contributed by atoms with E-state index in [4.69, 9.17) is 0 Å². The maximum Gasteiger partial charge on any atom is 0.416 e. The lowest BCUT2D eigenvalue weighted by molar-refractivity contribution is -0.137. The average Bonchev–Trinajstić information content (AvgIpc) is 2.58. The lowest BCUT2D eigenvalue weighted by atomic mass is 10.1. The number of halogens is 3. The first-order valence-corrected chi connectivity index (χ1v) is 7.58. The minimum Gasteiger partial charge on any atom is -0.350 e. The van der Waals surface area contributed by atoms with Gasteiger partial charge in [0.2, 0.25) is 0 Å². The molecule has 2 rings (SSSR count). The molecule has 0 fully saturated rings. The summed E-state index contributed by atoms with van der Waals surface area (Å²) >= 11 is 0. The zero-order valence-electron chi connectivity index (χ0n) is 13.5. The van der Waals surface area contributed by atoms with Crippen molar-refractivity contribution in [3.05, 3.63) is 70.8 Å². The smallest absolute Gasteiger partial charge is 0.350 e. The van der Waals surface area contributed by atoms with Gasteiger partial charge in [-0.15, -0.1) is 0 Å². The topological polar surface area (TPSA) is 58.2 Å². The third-order valence-corrected chi connectivity index (χ3v) is 3.48. The van der Waals surface area contributed by atoms with Gasteiger partial charge in [-0.2, -0.15) is 13.2 Å². The van der Waals surface area contributed by atoms with Gasteiger partial charge in [-0.25, -0.2) is 0 Å². The summed E-state index contributed by atoms with van der Waals surface area (Å²) in [5.74, 6) is -0.762. The SMILES string of the molecule is Cc1ccc(C(=O)NCCNC(=O)c2ccc(C(F)(F)F)cc2)cc1. The van der Waals surface area contributed by atoms with Crippen LogP contribution in [0.5, 0.6) is 0 Å². The van der Waals surface area contributed by atoms with E-state index in [9.17, 15) is 22.8 Å². The summed E-state index contributed by atoms with van der Waals surface area (Å²) < 4.78 is 37.4. The van der Waals surface area contributed by atoms with E-state index in [-0.39, 0.29) is 24.6 Å². The van der Waals surface area contributed by atoms with Gasteiger partial charge in [-0.3, -0.25) is 9.59 Å². The first kappa shape index (κ1) is 18.5. The number of benzene rings is 2. The average molecular weight is 350 g/mol. The van der Waals surface area contributed by atoms with E-state index < -0.39 is 17.6 Å². The van der Waals surface area contributed by atoms with Gasteiger partial charge in [-0.1, -0.05) is 17.7 Å². The van der Waals surface area contributed by atoms with Gasteiger partial charge in [0.15, 0.2) is 0 Å². The first-order valence-electron chi connectivity index (χ1n) is 7.58. The van der Waals surface area contributed by atoms with Crippen molar-refractivity contribution in [1.82, 2.24) is 10.6 Å². The maximum absolute atomic E-state index is 12.5. The highest BCUT2D eigenvalue weighted by atomic mass is 19.4. The number of hydrogen-bond donors (Lipinski definition) is 2. The summed E-state index contributed by atoms with van der Waals surface area (Å²) in [5, 5.41) is 5.19. The van der Waals surface area contributed by atoms with Crippen LogP contribution in [-0.4, -0.2) is 24.9 Å². The van der Waals surface area contributed by atoms with Crippen molar-refractivity contribution in [2.24, 2.45) is 0 Å². The number of carbonyl (C=O) groups is 2. The van der Waals surface area contributed by atoms with Crippen molar-refractivity contribution in [1.29, 1.82) is 0 Å². The van der Waals surface area contributed by atoms with Gasteiger partial charge in [0.05, 0.1) is 5.56 Å². The Hall–Kier alpha value is -2.83. The molecule has 0 unspecified atom stereocenters. The summed E-state index contributed by atoms with van der Waals surface area (Å²) in [4.78, 5) is 23.7. The summed E-state index contributed by atoms with van der Waals surface area (Å²) in [6.45, 7) is 2.29. The summed E-state index contributed by atoms with van der Waals surface area (Å²) in [7, 11) is 0. The summed E-state index contributed by atoms with van der Waals surface area (Å²) in [5.41, 5.74) is 0.868. The Balaban J connectivity index is 1.78. The monoisotopic (exact) mass is 350 g/mol. The van der Waals surface area contributed by atoms with Gasteiger partial charge < -0.3 is 10.6 Å². The molecule has 7 heteroatoms. The predicted octanol–water partition coefficient (Wildman–Crippen LogP) is 3.17. The number of carbonyl (C=O) groups excluding carboxylic acids is 2. The molecular formula is C18H17F3N2O2. The molecule has 2 N–H and O–H groups in total. The van der Waals surface area contributed by atoms with Crippen LogP contribution in [0.1, 0.15) is 31.8 Å². The maximum atomic E-state index is 12.5. The van der Waals surface area contributed by atoms with E-state index in [0.29, 0.717) is 5.56 Å². The molecular weight excluding hydrogens is 333 g/mol. The second-order valence-electron chi connectivity index (χ2n) is 5.45. The molecule has 132 valence electrons. The lowest BCUT2D eigenvalue weighted by Gasteiger charge is -2.09. The fraction of sp³-hybridized carbons (Fsp3) is 0.222. The number of alkyl halides is 3. The van der Waals surface area contributed by atoms with Gasteiger partial charge in [0.25, 0.3) is 11.8 Å². The Labute approximate surface area is 143 Å². The van der Waals surface area contributed by atoms with Crippen LogP contribution in [0.2, 0.25) is 0 Å². The highest BCUT2D eigenvalue weighted by molar-refractivity contribution is 5.95. The van der Waals surface area contributed by atoms with Crippen molar-refractivity contribution in [3.63, 3.8) is 0 Å². The van der Waals surface area contributed by atoms with E-state index in [1.807, 2.05) is 19.1 Å². The molecule has 2 aromatic carbocycles. The number of aryl methyl sites for hydroxylation is 1. The van der Waals surface area contributed by atoms with Crippen molar-refractivity contribution in [2.45, 2.75) is 13.1 Å². The van der Waals surface area contributed by atoms with Crippen LogP contribution in [0.15, 0.2) is 48.5 Å². The standard InChI is InChI=1S/C18H17F3N2O2/c1-12-2-4-13(5-3-12)16(24)22-10-11-23-17(25)14-6-8-15(9-7-14)18(19,20)21/h2-9H,10-11H2,1H3,(H,22,24)(H,23,25). The molecule has 2 aromatic rings. The normalized spacial score (nSPS) is 11.0. The zero-order chi connectivity index (χ0) is 18.4. The Morgan fingerprint density at radius 2 is 1.20 bits per heavy atom. The predicted molar refractivity (Wildman–Crippen MR) is 87.3 cm³/mol. The first-order chi connectivity index (χ1) is 11.8. The lowest BCUT2D eigenvalue weighted by Crippen LogP contribution is -2.34. The molecule has 0 radical (unpaired) electrons. The number of amides is 2. The number of hydrogen-bond acceptors (Lipinski definition) is 2. The largest absolute Gasteiger partial charge is 0.416 e. The summed E-state index contributed by atoms with van der Waals surface area (Å²) in [6, 6.07) is 11.0. The molecule has 0 heterocycles. The molecule has 0 spiro atoms. The van der Waals surface area contributed by atoms with E-state index in [2.05, 4.69) is 10.6 Å². The number of nitrogens with one attached hydrogen (secondary N) is 2. The molecule has 0 saturated heterocycles. The zero-order valence-corrected chi connectivity index (χ0v) is 13.5. The van der Waals surface area contributed by atoms with Crippen LogP contribution in [0, 0.1) is 6.92 Å². The minimum atomic E-state index is -4.44. The number of rotatable bonds is 5. The van der Waals surface area contributed by atoms with Crippen molar-refractivity contribution in [2.75, 3.05) is 13.1 Å². The van der Waals surface area contributed by atoms with Gasteiger partial charge >= 0.3 is 6.18 Å². The third-order valence-electron chi connectivity index (χ3n) is 3.48. The van der Waals surface area contributed by atoms with E-state index in [1.165, 1.54) is 0 Å². The van der Waals surface area contributed by atoms with Gasteiger partial charge in [0.1, 0.15) is 0 Å². The van der Waals surface area contributed by atoms with E-state index in [0.717, 1.165) is 29.8 Å². The van der Waals surface area contributed by atoms with Crippen molar-refractivity contribution in [3.8, 4) is 0 Å². The minimum absolute atomic E-state index is 0.123. The van der Waals surface area contributed by atoms with Crippen LogP contribution >= 0.6 is 0 Å². The molecule has 0 atom stereocenters. The van der Waals surface area contributed by atoms with Gasteiger partial charge in [0, 0.05) is 24.2 Å². The molecule has 0 aliphatic rings. The highest BCUT2D eigenvalue weighted by Gasteiger charge is 2.30. The Morgan fingerprint density at radius 1 is 0.800 bits per heavy atom. The van der Waals surface area contributed by atoms with Crippen LogP contribution in [0.3, 0.4) is 0 Å². The molecule has 0 aliphatic heterocycles. The Morgan fingerprint density at radius 3 is 1.60 bits per heavy atom. The van der Waals surface area contributed by atoms with E-state index in [1.54, 1.807) is 12.1 Å². The third kappa shape index (κ3) is 5.34. The summed E-state index contributed by atoms with van der Waals surface area (Å²) in [6.07, 6.45) is -4.44. The van der Waals surface area contributed by atoms with Crippen molar-refractivity contribution >= 4 is 11.8 Å². The highest BCUT2D eigenvalue weighted by Crippen LogP contribution is 2.28. The van der Waals surface area contributed by atoms with Crippen molar-refractivity contribution < 1.29 is 22.8 Å². The molecule has 0 aliphatic carbocycles. The molecule has 0 saturated carbocycles. The van der Waals surface area contributed by atoms with Crippen LogP contribution in [-0.2, 0) is 6.18 Å². The molecule has 4 nitrogen and oxygen atoms in total. The van der Waals surface area contributed by atoms with Crippen LogP contribution < -0.4 is 10.6 Å². The Bertz CT molecular complexity index is 738. The molecule has 0 bridgehead atoms. The quantitative estimate of drug-likeness (QED) is 0.814. The van der Waals surface area contributed by atoms with E-state index >= 15 is 0 Å². The molecule has 0 aromatic heterocycles. The van der Waals surface area contributed by atoms with Gasteiger partial charge in [-0.05, 0) is 43.3 Å². The molecule has 2 amide bonds. The van der Waals surface area contributed by atoms with Crippen LogP contribution in [0.25, 0.3) is 0 Å². The Kier molecular flexibility index (Phi) is 5.80.